The van der Waals surface area contributed by atoms with Gasteiger partial charge in [0.05, 0.1) is 15.8 Å². The molecular weight excluding hydrogens is 472 g/mol. The third kappa shape index (κ3) is 3.65. The summed E-state index contributed by atoms with van der Waals surface area (Å²) >= 11 is 11.0. The lowest BCUT2D eigenvalue weighted by molar-refractivity contribution is 0.0988. The molecule has 4 nitrogen and oxygen atoms in total. The summed E-state index contributed by atoms with van der Waals surface area (Å²) in [4.78, 5) is 18.4. The number of nitrogens with zero attached hydrogens (tertiary/aromatic N) is 2. The van der Waals surface area contributed by atoms with Crippen molar-refractivity contribution in [2.75, 3.05) is 22.9 Å². The zero-order valence-corrected chi connectivity index (χ0v) is 18.6. The van der Waals surface area contributed by atoms with Crippen molar-refractivity contribution >= 4 is 56.1 Å². The van der Waals surface area contributed by atoms with Crippen molar-refractivity contribution in [2.24, 2.45) is 0 Å². The molecule has 2 heterocycles. The van der Waals surface area contributed by atoms with E-state index in [1.54, 1.807) is 12.1 Å². The third-order valence-electron chi connectivity index (χ3n) is 5.22. The molecule has 29 heavy (non-hydrogen) atoms. The number of anilines is 2. The zero-order valence-electron chi connectivity index (χ0n) is 15.5. The Hall–Kier alpha value is -2.02. The van der Waals surface area contributed by atoms with Crippen LogP contribution in [0.15, 0.2) is 58.4 Å². The second-order valence-electron chi connectivity index (χ2n) is 7.16. The molecule has 1 saturated carbocycles. The van der Waals surface area contributed by atoms with E-state index in [4.69, 9.17) is 16.3 Å². The topological polar surface area (TPSA) is 32.8 Å². The van der Waals surface area contributed by atoms with Crippen LogP contribution in [0.5, 0.6) is 11.5 Å². The first-order valence-electron chi connectivity index (χ1n) is 9.50. The van der Waals surface area contributed by atoms with Crippen LogP contribution in [0, 0.1) is 0 Å². The first-order valence-corrected chi connectivity index (χ1v) is 11.5. The number of benzene rings is 2. The second-order valence-corrected chi connectivity index (χ2v) is 9.37. The van der Waals surface area contributed by atoms with Crippen LogP contribution in [0.2, 0.25) is 5.02 Å². The van der Waals surface area contributed by atoms with Crippen molar-refractivity contribution in [1.29, 1.82) is 0 Å². The van der Waals surface area contributed by atoms with Gasteiger partial charge in [-0.3, -0.25) is 4.79 Å². The maximum absolute atomic E-state index is 13.5. The summed E-state index contributed by atoms with van der Waals surface area (Å²) in [6.07, 6.45) is 2.47. The van der Waals surface area contributed by atoms with E-state index in [1.807, 2.05) is 40.6 Å². The summed E-state index contributed by atoms with van der Waals surface area (Å²) in [5, 5.41) is 2.46. The lowest BCUT2D eigenvalue weighted by Gasteiger charge is -2.37. The monoisotopic (exact) mass is 488 g/mol. The van der Waals surface area contributed by atoms with Gasteiger partial charge in [0, 0.05) is 30.2 Å². The average molecular weight is 490 g/mol. The second kappa shape index (κ2) is 7.67. The van der Waals surface area contributed by atoms with Crippen LogP contribution in [0.1, 0.15) is 22.5 Å². The Morgan fingerprint density at radius 2 is 1.86 bits per heavy atom. The fraction of sp³-hybridized carbons (Fsp3) is 0.227. The molecule has 1 aliphatic carbocycles. The smallest absolute Gasteiger partial charge is 0.272 e. The fourth-order valence-electron chi connectivity index (χ4n) is 3.69. The molecule has 0 atom stereocenters. The lowest BCUT2D eigenvalue weighted by Crippen LogP contribution is -2.44. The number of para-hydroxylation sites is 2. The maximum Gasteiger partial charge on any atom is 0.272 e. The number of halogens is 2. The fourth-order valence-corrected chi connectivity index (χ4v) is 4.94. The summed E-state index contributed by atoms with van der Waals surface area (Å²) in [6.45, 7) is 1.53. The van der Waals surface area contributed by atoms with E-state index in [2.05, 4.69) is 26.9 Å². The van der Waals surface area contributed by atoms with Gasteiger partial charge in [0.15, 0.2) is 5.75 Å². The van der Waals surface area contributed by atoms with Crippen molar-refractivity contribution in [3.8, 4) is 11.5 Å². The van der Waals surface area contributed by atoms with Gasteiger partial charge in [-0.2, -0.15) is 0 Å². The van der Waals surface area contributed by atoms with E-state index in [9.17, 15) is 4.79 Å². The molecule has 1 aliphatic heterocycles. The van der Waals surface area contributed by atoms with Crippen LogP contribution in [-0.2, 0) is 0 Å². The van der Waals surface area contributed by atoms with Gasteiger partial charge in [-0.25, -0.2) is 0 Å². The number of hydrogen-bond acceptors (Lipinski definition) is 4. The number of carbonyl (C=O) groups excluding carboxylic acids is 1. The van der Waals surface area contributed by atoms with Crippen LogP contribution in [0.25, 0.3) is 0 Å². The Kier molecular flexibility index (Phi) is 5.02. The number of ether oxygens (including phenoxy) is 1. The molecule has 3 aromatic rings. The molecule has 0 bridgehead atoms. The van der Waals surface area contributed by atoms with Crippen molar-refractivity contribution in [1.82, 2.24) is 0 Å². The summed E-state index contributed by atoms with van der Waals surface area (Å²) in [5.41, 5.74) is 2.12. The molecule has 2 aromatic carbocycles. The zero-order chi connectivity index (χ0) is 20.0. The Morgan fingerprint density at radius 3 is 2.66 bits per heavy atom. The van der Waals surface area contributed by atoms with Crippen LogP contribution >= 0.6 is 38.9 Å². The molecule has 0 N–H and O–H groups in total. The highest BCUT2D eigenvalue weighted by Crippen LogP contribution is 2.42. The largest absolute Gasteiger partial charge is 0.454 e. The molecule has 0 unspecified atom stereocenters. The highest BCUT2D eigenvalue weighted by atomic mass is 79.9. The normalized spacial score (nSPS) is 15.9. The molecular formula is C22H18BrClN2O2S. The van der Waals surface area contributed by atoms with Gasteiger partial charge in [-0.05, 0) is 64.5 Å². The summed E-state index contributed by atoms with van der Waals surface area (Å²) in [5.74, 6) is 1.10. The van der Waals surface area contributed by atoms with Crippen molar-refractivity contribution < 1.29 is 9.53 Å². The lowest BCUT2D eigenvalue weighted by atomic mass is 10.1. The van der Waals surface area contributed by atoms with Gasteiger partial charge in [0.1, 0.15) is 10.6 Å². The van der Waals surface area contributed by atoms with Crippen LogP contribution < -0.4 is 14.5 Å². The number of fused-ring (bicyclic) bond motifs is 1. The first-order chi connectivity index (χ1) is 14.1. The van der Waals surface area contributed by atoms with E-state index in [0.717, 1.165) is 22.4 Å². The van der Waals surface area contributed by atoms with Gasteiger partial charge in [0.25, 0.3) is 5.91 Å². The van der Waals surface area contributed by atoms with Crippen molar-refractivity contribution in [3.63, 3.8) is 0 Å². The predicted molar refractivity (Wildman–Crippen MR) is 122 cm³/mol. The first kappa shape index (κ1) is 19.0. The maximum atomic E-state index is 13.5. The number of hydrogen-bond donors (Lipinski definition) is 0. The number of amides is 1. The molecule has 2 aliphatic rings. The highest BCUT2D eigenvalue weighted by Gasteiger charge is 2.36. The molecule has 1 amide bonds. The van der Waals surface area contributed by atoms with Crippen molar-refractivity contribution in [3.05, 3.63) is 68.3 Å². The van der Waals surface area contributed by atoms with Gasteiger partial charge >= 0.3 is 0 Å². The van der Waals surface area contributed by atoms with Gasteiger partial charge in [0.2, 0.25) is 0 Å². The highest BCUT2D eigenvalue weighted by molar-refractivity contribution is 9.10. The van der Waals surface area contributed by atoms with Crippen molar-refractivity contribution in [2.45, 2.75) is 18.9 Å². The van der Waals surface area contributed by atoms with E-state index in [-0.39, 0.29) is 5.91 Å². The third-order valence-corrected chi connectivity index (χ3v) is 6.99. The van der Waals surface area contributed by atoms with E-state index >= 15 is 0 Å². The molecule has 0 saturated heterocycles. The minimum atomic E-state index is -0.0314. The van der Waals surface area contributed by atoms with Gasteiger partial charge in [-0.1, -0.05) is 23.7 Å². The molecule has 7 heteroatoms. The van der Waals surface area contributed by atoms with Gasteiger partial charge in [-0.15, -0.1) is 11.3 Å². The van der Waals surface area contributed by atoms with E-state index < -0.39 is 0 Å². The Labute approximate surface area is 186 Å². The molecule has 0 radical (unpaired) electrons. The molecule has 148 valence electrons. The number of rotatable bonds is 4. The SMILES string of the molecule is O=C(c1sccc1Oc1cc(Cl)ccc1Br)N1CCN(C2CC2)c2ccccc21. The van der Waals surface area contributed by atoms with Crippen LogP contribution in [-0.4, -0.2) is 25.0 Å². The van der Waals surface area contributed by atoms with Gasteiger partial charge < -0.3 is 14.5 Å². The number of thiophene rings is 1. The quantitative estimate of drug-likeness (QED) is 0.415. The number of carbonyl (C=O) groups is 1. The summed E-state index contributed by atoms with van der Waals surface area (Å²) in [7, 11) is 0. The molecule has 1 aromatic heterocycles. The molecule has 1 fully saturated rings. The van der Waals surface area contributed by atoms with E-state index in [0.29, 0.717) is 34.0 Å². The van der Waals surface area contributed by atoms with Crippen LogP contribution in [0.3, 0.4) is 0 Å². The minimum Gasteiger partial charge on any atom is -0.454 e. The Morgan fingerprint density at radius 1 is 1.07 bits per heavy atom. The van der Waals surface area contributed by atoms with Crippen LogP contribution in [0.4, 0.5) is 11.4 Å². The summed E-state index contributed by atoms with van der Waals surface area (Å²) < 4.78 is 6.84. The molecule has 5 rings (SSSR count). The molecule has 0 spiro atoms. The Balaban J connectivity index is 1.45. The Bertz CT molecular complexity index is 1080. The summed E-state index contributed by atoms with van der Waals surface area (Å²) in [6, 6.07) is 16.0. The van der Waals surface area contributed by atoms with E-state index in [1.165, 1.54) is 24.2 Å². The standard InChI is InChI=1S/C22H18BrClN2O2S/c23-16-8-5-14(24)13-20(16)28-19-9-12-29-21(19)22(27)26-11-10-25(15-6-7-15)17-3-1-2-4-18(17)26/h1-5,8-9,12-13,15H,6-7,10-11H2. The predicted octanol–water partition coefficient (Wildman–Crippen LogP) is 6.59. The minimum absolute atomic E-state index is 0.0314. The average Bonchev–Trinajstić information content (AvgIpc) is 3.48.